The second-order valence-electron chi connectivity index (χ2n) is 7.76. The minimum Gasteiger partial charge on any atom is -0.507 e. The predicted octanol–water partition coefficient (Wildman–Crippen LogP) is 3.52. The maximum absolute atomic E-state index is 13.5. The van der Waals surface area contributed by atoms with Gasteiger partial charge in [-0.2, -0.15) is 0 Å². The summed E-state index contributed by atoms with van der Waals surface area (Å²) in [6, 6.07) is 9.98. The van der Waals surface area contributed by atoms with Crippen LogP contribution in [0.4, 0.5) is 4.39 Å². The predicted molar refractivity (Wildman–Crippen MR) is 116 cm³/mol. The molecule has 1 saturated heterocycles. The molecular formula is C24H27FN2O4. The zero-order valence-electron chi connectivity index (χ0n) is 18.2. The molecule has 31 heavy (non-hydrogen) atoms. The lowest BCUT2D eigenvalue weighted by atomic mass is 9.94. The van der Waals surface area contributed by atoms with Crippen LogP contribution in [0.25, 0.3) is 5.76 Å². The van der Waals surface area contributed by atoms with E-state index >= 15 is 0 Å². The van der Waals surface area contributed by atoms with Gasteiger partial charge in [0.15, 0.2) is 0 Å². The number of likely N-dealkylation sites (tertiary alicyclic amines) is 1. The fourth-order valence-electron chi connectivity index (χ4n) is 3.71. The first-order chi connectivity index (χ1) is 14.7. The minimum atomic E-state index is -0.800. The molecule has 0 spiro atoms. The Morgan fingerprint density at radius 3 is 2.42 bits per heavy atom. The molecule has 3 rings (SSSR count). The van der Waals surface area contributed by atoms with Crippen molar-refractivity contribution in [2.75, 3.05) is 33.8 Å². The summed E-state index contributed by atoms with van der Waals surface area (Å²) < 4.78 is 19.0. The third-order valence-electron chi connectivity index (χ3n) is 5.28. The van der Waals surface area contributed by atoms with Crippen LogP contribution in [0.1, 0.15) is 29.7 Å². The molecular weight excluding hydrogens is 399 g/mol. The number of Topliss-reactive ketones (excluding diaryl/α,β-unsaturated/α-hetero) is 1. The van der Waals surface area contributed by atoms with Crippen molar-refractivity contribution in [2.45, 2.75) is 19.9 Å². The molecule has 6 nitrogen and oxygen atoms in total. The maximum Gasteiger partial charge on any atom is 0.295 e. The molecule has 1 N–H and O–H groups in total. The Balaban J connectivity index is 2.13. The number of ketones is 1. The van der Waals surface area contributed by atoms with Crippen molar-refractivity contribution < 1.29 is 23.8 Å². The summed E-state index contributed by atoms with van der Waals surface area (Å²) in [6.45, 7) is 5.01. The number of aliphatic hydroxyl groups is 1. The van der Waals surface area contributed by atoms with Crippen LogP contribution in [0.3, 0.4) is 0 Å². The van der Waals surface area contributed by atoms with Crippen LogP contribution in [-0.4, -0.2) is 60.4 Å². The van der Waals surface area contributed by atoms with Gasteiger partial charge < -0.3 is 19.6 Å². The van der Waals surface area contributed by atoms with E-state index in [4.69, 9.17) is 4.74 Å². The summed E-state index contributed by atoms with van der Waals surface area (Å²) in [5.41, 5.74) is 1.72. The SMILES string of the molecule is CCOc1ccc(C(O)=C2C(=O)C(=O)N(CCN(C)C)C2c2ccc(F)cc2)c(C)c1. The molecule has 1 unspecified atom stereocenters. The molecule has 2 aromatic carbocycles. The van der Waals surface area contributed by atoms with Gasteiger partial charge in [-0.1, -0.05) is 12.1 Å². The number of amides is 1. The minimum absolute atomic E-state index is 0.00243. The highest BCUT2D eigenvalue weighted by atomic mass is 19.1. The van der Waals surface area contributed by atoms with Crippen LogP contribution < -0.4 is 4.74 Å². The van der Waals surface area contributed by atoms with Gasteiger partial charge in [0.2, 0.25) is 0 Å². The zero-order chi connectivity index (χ0) is 22.7. The number of nitrogens with zero attached hydrogens (tertiary/aromatic N) is 2. The van der Waals surface area contributed by atoms with E-state index in [1.807, 2.05) is 25.9 Å². The average molecular weight is 426 g/mol. The van der Waals surface area contributed by atoms with E-state index in [-0.39, 0.29) is 11.3 Å². The third-order valence-corrected chi connectivity index (χ3v) is 5.28. The summed E-state index contributed by atoms with van der Waals surface area (Å²) in [5, 5.41) is 11.1. The van der Waals surface area contributed by atoms with Crippen LogP contribution >= 0.6 is 0 Å². The van der Waals surface area contributed by atoms with E-state index < -0.39 is 23.5 Å². The maximum atomic E-state index is 13.5. The number of aliphatic hydroxyl groups excluding tert-OH is 1. The Bertz CT molecular complexity index is 1010. The van der Waals surface area contributed by atoms with Crippen molar-refractivity contribution in [2.24, 2.45) is 0 Å². The molecule has 1 aliphatic rings. The lowest BCUT2D eigenvalue weighted by Crippen LogP contribution is -2.35. The number of rotatable bonds is 7. The van der Waals surface area contributed by atoms with Crippen molar-refractivity contribution in [3.8, 4) is 5.75 Å². The van der Waals surface area contributed by atoms with Crippen LogP contribution in [0.5, 0.6) is 5.75 Å². The molecule has 1 atom stereocenters. The summed E-state index contributed by atoms with van der Waals surface area (Å²) in [5.74, 6) is -1.45. The number of hydrogen-bond donors (Lipinski definition) is 1. The average Bonchev–Trinajstić information content (AvgIpc) is 2.97. The largest absolute Gasteiger partial charge is 0.507 e. The number of carbonyl (C=O) groups excluding carboxylic acids is 2. The Kier molecular flexibility index (Phi) is 6.75. The van der Waals surface area contributed by atoms with Crippen molar-refractivity contribution in [1.29, 1.82) is 0 Å². The summed E-state index contributed by atoms with van der Waals surface area (Å²) in [7, 11) is 3.74. The molecule has 164 valence electrons. The number of halogens is 1. The molecule has 0 radical (unpaired) electrons. The molecule has 0 aromatic heterocycles. The molecule has 1 aliphatic heterocycles. The molecule has 1 heterocycles. The lowest BCUT2D eigenvalue weighted by molar-refractivity contribution is -0.140. The van der Waals surface area contributed by atoms with E-state index in [1.54, 1.807) is 25.1 Å². The Morgan fingerprint density at radius 1 is 1.16 bits per heavy atom. The molecule has 1 amide bonds. The first-order valence-corrected chi connectivity index (χ1v) is 10.2. The van der Waals surface area contributed by atoms with Gasteiger partial charge in [0.05, 0.1) is 18.2 Å². The fourth-order valence-corrected chi connectivity index (χ4v) is 3.71. The number of ether oxygens (including phenoxy) is 1. The number of aryl methyl sites for hydroxylation is 1. The van der Waals surface area contributed by atoms with Crippen molar-refractivity contribution >= 4 is 17.4 Å². The van der Waals surface area contributed by atoms with Gasteiger partial charge in [0, 0.05) is 18.7 Å². The van der Waals surface area contributed by atoms with Gasteiger partial charge in [-0.05, 0) is 69.4 Å². The Morgan fingerprint density at radius 2 is 1.84 bits per heavy atom. The van der Waals surface area contributed by atoms with E-state index in [2.05, 4.69) is 0 Å². The standard InChI is InChI=1S/C24H27FN2O4/c1-5-31-18-10-11-19(15(2)14-18)22(28)20-21(16-6-8-17(25)9-7-16)27(13-12-26(3)4)24(30)23(20)29/h6-11,14,21,28H,5,12-13H2,1-4H3. The summed E-state index contributed by atoms with van der Waals surface area (Å²) in [4.78, 5) is 29.2. The van der Waals surface area contributed by atoms with Gasteiger partial charge in [-0.3, -0.25) is 9.59 Å². The highest BCUT2D eigenvalue weighted by Gasteiger charge is 2.46. The van der Waals surface area contributed by atoms with Crippen LogP contribution in [0.15, 0.2) is 48.0 Å². The summed E-state index contributed by atoms with van der Waals surface area (Å²) >= 11 is 0. The van der Waals surface area contributed by atoms with E-state index in [0.717, 1.165) is 0 Å². The highest BCUT2D eigenvalue weighted by molar-refractivity contribution is 6.46. The first kappa shape index (κ1) is 22.5. The molecule has 1 fully saturated rings. The first-order valence-electron chi connectivity index (χ1n) is 10.2. The van der Waals surface area contributed by atoms with E-state index in [0.29, 0.717) is 42.1 Å². The van der Waals surface area contributed by atoms with Crippen LogP contribution in [0.2, 0.25) is 0 Å². The molecule has 7 heteroatoms. The van der Waals surface area contributed by atoms with Crippen molar-refractivity contribution in [3.63, 3.8) is 0 Å². The third kappa shape index (κ3) is 4.61. The second kappa shape index (κ2) is 9.31. The molecule has 0 saturated carbocycles. The van der Waals surface area contributed by atoms with Crippen molar-refractivity contribution in [3.05, 3.63) is 70.5 Å². The van der Waals surface area contributed by atoms with Gasteiger partial charge in [0.1, 0.15) is 17.3 Å². The number of likely N-dealkylation sites (N-methyl/N-ethyl adjacent to an activating group) is 1. The van der Waals surface area contributed by atoms with Crippen LogP contribution in [-0.2, 0) is 9.59 Å². The number of hydrogen-bond acceptors (Lipinski definition) is 5. The quantitative estimate of drug-likeness (QED) is 0.417. The number of benzene rings is 2. The smallest absolute Gasteiger partial charge is 0.295 e. The number of carbonyl (C=O) groups is 2. The Labute approximate surface area is 181 Å². The molecule has 0 bridgehead atoms. The Hall–Kier alpha value is -3.19. The highest BCUT2D eigenvalue weighted by Crippen LogP contribution is 2.40. The summed E-state index contributed by atoms with van der Waals surface area (Å²) in [6.07, 6.45) is 0. The van der Waals surface area contributed by atoms with Gasteiger partial charge in [0.25, 0.3) is 11.7 Å². The topological polar surface area (TPSA) is 70.1 Å². The zero-order valence-corrected chi connectivity index (χ0v) is 18.2. The fraction of sp³-hybridized carbons (Fsp3) is 0.333. The van der Waals surface area contributed by atoms with Crippen molar-refractivity contribution in [1.82, 2.24) is 9.80 Å². The van der Waals surface area contributed by atoms with Crippen LogP contribution in [0, 0.1) is 12.7 Å². The van der Waals surface area contributed by atoms with E-state index in [9.17, 15) is 19.1 Å². The lowest BCUT2D eigenvalue weighted by Gasteiger charge is -2.26. The molecule has 2 aromatic rings. The van der Waals surface area contributed by atoms with E-state index in [1.165, 1.54) is 29.2 Å². The normalized spacial score (nSPS) is 18.1. The van der Waals surface area contributed by atoms with Gasteiger partial charge in [-0.25, -0.2) is 4.39 Å². The molecule has 0 aliphatic carbocycles. The second-order valence-corrected chi connectivity index (χ2v) is 7.76. The van der Waals surface area contributed by atoms with Gasteiger partial charge >= 0.3 is 0 Å². The monoisotopic (exact) mass is 426 g/mol. The van der Waals surface area contributed by atoms with Gasteiger partial charge in [-0.15, -0.1) is 0 Å².